The van der Waals surface area contributed by atoms with Crippen molar-refractivity contribution >= 4 is 12.7 Å². The standard InChI is InChI=1S/C26H44NP/c1-17(2)20-12-11-13-21(18(3)4)24(20)27-28(9,10)19-14-22-23(15-19)26(7,8)16-25(22,5)6/h11-13,17-19,22-23H,14-16H2,1-10H3. The van der Waals surface area contributed by atoms with E-state index in [1.54, 1.807) is 0 Å². The van der Waals surface area contributed by atoms with Crippen LogP contribution in [0.5, 0.6) is 0 Å². The molecule has 0 spiro atoms. The molecule has 3 rings (SSSR count). The maximum Gasteiger partial charge on any atom is 0.0682 e. The Morgan fingerprint density at radius 3 is 1.68 bits per heavy atom. The van der Waals surface area contributed by atoms with E-state index in [9.17, 15) is 0 Å². The van der Waals surface area contributed by atoms with E-state index in [-0.39, 0.29) is 0 Å². The minimum atomic E-state index is -1.39. The lowest BCUT2D eigenvalue weighted by Gasteiger charge is -2.31. The molecule has 1 aromatic rings. The number of hydrogen-bond donors (Lipinski definition) is 0. The Kier molecular flexibility index (Phi) is 5.77. The van der Waals surface area contributed by atoms with Gasteiger partial charge in [-0.15, -0.1) is 0 Å². The van der Waals surface area contributed by atoms with Crippen LogP contribution in [0.2, 0.25) is 0 Å². The molecular formula is C26H44NP. The van der Waals surface area contributed by atoms with Crippen molar-refractivity contribution in [2.75, 3.05) is 13.3 Å². The molecule has 2 saturated carbocycles. The van der Waals surface area contributed by atoms with E-state index in [4.69, 9.17) is 4.74 Å². The van der Waals surface area contributed by atoms with Gasteiger partial charge in [-0.2, -0.15) is 0 Å². The lowest BCUT2D eigenvalue weighted by molar-refractivity contribution is 0.235. The normalized spacial score (nSPS) is 28.8. The van der Waals surface area contributed by atoms with E-state index in [1.165, 1.54) is 36.1 Å². The summed E-state index contributed by atoms with van der Waals surface area (Å²) in [5, 5.41) is 0. The second-order valence-electron chi connectivity index (χ2n) is 12.2. The van der Waals surface area contributed by atoms with Gasteiger partial charge in [0.1, 0.15) is 0 Å². The Balaban J connectivity index is 2.02. The van der Waals surface area contributed by atoms with Gasteiger partial charge >= 0.3 is 0 Å². The summed E-state index contributed by atoms with van der Waals surface area (Å²) in [6, 6.07) is 6.86. The van der Waals surface area contributed by atoms with Gasteiger partial charge in [0.2, 0.25) is 0 Å². The van der Waals surface area contributed by atoms with Crippen LogP contribution in [0.1, 0.15) is 97.6 Å². The molecule has 1 nitrogen and oxygen atoms in total. The number of hydrogen-bond acceptors (Lipinski definition) is 1. The van der Waals surface area contributed by atoms with Crippen LogP contribution in [0.4, 0.5) is 5.69 Å². The molecule has 0 saturated heterocycles. The van der Waals surface area contributed by atoms with Crippen molar-refractivity contribution in [3.05, 3.63) is 29.3 Å². The van der Waals surface area contributed by atoms with Crippen molar-refractivity contribution in [1.82, 2.24) is 0 Å². The minimum absolute atomic E-state index is 0.488. The largest absolute Gasteiger partial charge is 0.267 e. The van der Waals surface area contributed by atoms with Gasteiger partial charge in [0.05, 0.1) is 5.69 Å². The molecule has 2 unspecified atom stereocenters. The molecule has 0 bridgehead atoms. The summed E-state index contributed by atoms with van der Waals surface area (Å²) in [5.41, 5.74) is 5.99. The zero-order valence-electron chi connectivity index (χ0n) is 20.1. The molecule has 0 amide bonds. The third kappa shape index (κ3) is 3.90. The SMILES string of the molecule is CC(C)c1cccc(C(C)C)c1N=P(C)(C)C1CC2C(C1)C(C)(C)CC2(C)C. The average molecular weight is 402 g/mol. The van der Waals surface area contributed by atoms with E-state index < -0.39 is 7.05 Å². The first-order valence-corrected chi connectivity index (χ1v) is 14.2. The monoisotopic (exact) mass is 401 g/mol. The van der Waals surface area contributed by atoms with Gasteiger partial charge in [0.25, 0.3) is 0 Å². The van der Waals surface area contributed by atoms with Gasteiger partial charge < -0.3 is 0 Å². The van der Waals surface area contributed by atoms with Crippen LogP contribution in [-0.4, -0.2) is 19.0 Å². The van der Waals surface area contributed by atoms with Crippen LogP contribution in [0.25, 0.3) is 0 Å². The zero-order chi connectivity index (χ0) is 21.1. The van der Waals surface area contributed by atoms with E-state index in [0.717, 1.165) is 17.5 Å². The van der Waals surface area contributed by atoms with Crippen LogP contribution in [0.15, 0.2) is 22.9 Å². The van der Waals surface area contributed by atoms with Gasteiger partial charge in [0.15, 0.2) is 0 Å². The quantitative estimate of drug-likeness (QED) is 0.447. The summed E-state index contributed by atoms with van der Waals surface area (Å²) in [4.78, 5) is 0. The Labute approximate surface area is 175 Å². The first kappa shape index (κ1) is 22.1. The van der Waals surface area contributed by atoms with E-state index >= 15 is 0 Å². The average Bonchev–Trinajstić information content (AvgIpc) is 3.07. The van der Waals surface area contributed by atoms with Crippen LogP contribution < -0.4 is 0 Å². The molecule has 0 heterocycles. The Bertz CT molecular complexity index is 729. The lowest BCUT2D eigenvalue weighted by Crippen LogP contribution is -2.19. The van der Waals surface area contributed by atoms with E-state index in [0.29, 0.717) is 22.7 Å². The molecule has 28 heavy (non-hydrogen) atoms. The van der Waals surface area contributed by atoms with Gasteiger partial charge in [-0.3, -0.25) is 4.74 Å². The Morgan fingerprint density at radius 2 is 1.29 bits per heavy atom. The van der Waals surface area contributed by atoms with Crippen molar-refractivity contribution in [3.63, 3.8) is 0 Å². The highest BCUT2D eigenvalue weighted by Crippen LogP contribution is 2.68. The molecule has 2 heteroatoms. The van der Waals surface area contributed by atoms with Crippen LogP contribution >= 0.6 is 7.05 Å². The number of fused-ring (bicyclic) bond motifs is 1. The predicted octanol–water partition coefficient (Wildman–Crippen LogP) is 8.88. The van der Waals surface area contributed by atoms with Gasteiger partial charge in [-0.25, -0.2) is 0 Å². The summed E-state index contributed by atoms with van der Waals surface area (Å²) in [6.07, 6.45) is 4.17. The minimum Gasteiger partial charge on any atom is -0.267 e. The lowest BCUT2D eigenvalue weighted by atomic mass is 9.80. The molecule has 0 aromatic heterocycles. The third-order valence-corrected chi connectivity index (χ3v) is 11.0. The third-order valence-electron chi connectivity index (χ3n) is 8.05. The highest BCUT2D eigenvalue weighted by Gasteiger charge is 2.57. The molecule has 2 fully saturated rings. The number of rotatable bonds is 4. The maximum absolute atomic E-state index is 5.65. The fraction of sp³-hybridized carbons (Fsp3) is 0.769. The predicted molar refractivity (Wildman–Crippen MR) is 128 cm³/mol. The van der Waals surface area contributed by atoms with Crippen molar-refractivity contribution in [2.45, 2.75) is 92.1 Å². The molecular weight excluding hydrogens is 357 g/mol. The molecule has 1 aromatic carbocycles. The fourth-order valence-corrected chi connectivity index (χ4v) is 9.05. The maximum atomic E-state index is 5.65. The van der Waals surface area contributed by atoms with Gasteiger partial charge in [-0.05, 0) is 90.9 Å². The molecule has 2 aliphatic rings. The highest BCUT2D eigenvalue weighted by atomic mass is 31.2. The fourth-order valence-electron chi connectivity index (χ4n) is 6.66. The summed E-state index contributed by atoms with van der Waals surface area (Å²) in [5.74, 6) is 2.82. The summed E-state index contributed by atoms with van der Waals surface area (Å²) in [6.45, 7) is 24.4. The van der Waals surface area contributed by atoms with Crippen molar-refractivity contribution < 1.29 is 0 Å². The molecule has 0 radical (unpaired) electrons. The number of nitrogens with zero attached hydrogens (tertiary/aromatic N) is 1. The molecule has 0 N–H and O–H groups in total. The first-order valence-electron chi connectivity index (χ1n) is 11.5. The highest BCUT2D eigenvalue weighted by molar-refractivity contribution is 7.65. The zero-order valence-corrected chi connectivity index (χ0v) is 21.0. The van der Waals surface area contributed by atoms with Gasteiger partial charge in [-0.1, -0.05) is 73.6 Å². The smallest absolute Gasteiger partial charge is 0.0682 e. The van der Waals surface area contributed by atoms with Crippen molar-refractivity contribution in [2.24, 2.45) is 27.4 Å². The van der Waals surface area contributed by atoms with Crippen molar-refractivity contribution in [3.8, 4) is 0 Å². The Morgan fingerprint density at radius 1 is 0.857 bits per heavy atom. The van der Waals surface area contributed by atoms with Crippen LogP contribution in [0.3, 0.4) is 0 Å². The molecule has 158 valence electrons. The van der Waals surface area contributed by atoms with Crippen molar-refractivity contribution in [1.29, 1.82) is 0 Å². The number of benzene rings is 1. The second kappa shape index (κ2) is 7.30. The molecule has 2 aliphatic carbocycles. The Hall–Kier alpha value is -0.550. The summed E-state index contributed by atoms with van der Waals surface area (Å²) in [7, 11) is -1.39. The van der Waals surface area contributed by atoms with Crippen LogP contribution in [-0.2, 0) is 0 Å². The molecule has 0 aliphatic heterocycles. The van der Waals surface area contributed by atoms with Gasteiger partial charge in [0, 0.05) is 0 Å². The first-order chi connectivity index (χ1) is 12.8. The summed E-state index contributed by atoms with van der Waals surface area (Å²) >= 11 is 0. The van der Waals surface area contributed by atoms with E-state index in [1.807, 2.05) is 0 Å². The van der Waals surface area contributed by atoms with E-state index in [2.05, 4.69) is 86.9 Å². The summed E-state index contributed by atoms with van der Waals surface area (Å²) < 4.78 is 5.65. The van der Waals surface area contributed by atoms with Crippen LogP contribution in [0, 0.1) is 22.7 Å². The topological polar surface area (TPSA) is 12.4 Å². The molecule has 2 atom stereocenters. The second-order valence-corrected chi connectivity index (χ2v) is 16.1.